The third kappa shape index (κ3) is 3.25. The molecule has 0 amide bonds. The monoisotopic (exact) mass is 333 g/mol. The predicted molar refractivity (Wildman–Crippen MR) is 87.5 cm³/mol. The molecular formula is C15H17F2N7. The second-order valence-electron chi connectivity index (χ2n) is 5.21. The van der Waals surface area contributed by atoms with Crippen LogP contribution in [0.2, 0.25) is 0 Å². The minimum atomic E-state index is -0.611. The van der Waals surface area contributed by atoms with Crippen molar-refractivity contribution in [3.8, 4) is 0 Å². The summed E-state index contributed by atoms with van der Waals surface area (Å²) in [6.07, 6.45) is 1.63. The van der Waals surface area contributed by atoms with E-state index in [1.54, 1.807) is 17.9 Å². The van der Waals surface area contributed by atoms with Gasteiger partial charge >= 0.3 is 0 Å². The van der Waals surface area contributed by atoms with E-state index in [1.807, 2.05) is 0 Å². The van der Waals surface area contributed by atoms with Gasteiger partial charge in [-0.3, -0.25) is 4.68 Å². The van der Waals surface area contributed by atoms with Gasteiger partial charge in [-0.2, -0.15) is 15.1 Å². The van der Waals surface area contributed by atoms with Crippen molar-refractivity contribution in [3.05, 3.63) is 41.6 Å². The van der Waals surface area contributed by atoms with Crippen molar-refractivity contribution < 1.29 is 8.78 Å². The Morgan fingerprint density at radius 3 is 2.79 bits per heavy atom. The Morgan fingerprint density at radius 2 is 2.04 bits per heavy atom. The molecule has 3 rings (SSSR count). The molecule has 0 bridgehead atoms. The number of fused-ring (bicyclic) bond motifs is 1. The first-order valence-electron chi connectivity index (χ1n) is 7.40. The van der Waals surface area contributed by atoms with Crippen molar-refractivity contribution >= 4 is 22.8 Å². The van der Waals surface area contributed by atoms with Gasteiger partial charge < -0.3 is 16.4 Å². The van der Waals surface area contributed by atoms with E-state index in [0.717, 1.165) is 6.07 Å². The van der Waals surface area contributed by atoms with Crippen molar-refractivity contribution in [2.45, 2.75) is 6.54 Å². The molecule has 1 aromatic carbocycles. The molecule has 2 heterocycles. The molecule has 0 saturated carbocycles. The summed E-state index contributed by atoms with van der Waals surface area (Å²) in [5.41, 5.74) is 6.44. The summed E-state index contributed by atoms with van der Waals surface area (Å²) in [6, 6.07) is 3.46. The Bertz CT molecular complexity index is 862. The molecule has 0 radical (unpaired) electrons. The van der Waals surface area contributed by atoms with Crippen LogP contribution in [0.5, 0.6) is 0 Å². The molecule has 0 saturated heterocycles. The first kappa shape index (κ1) is 16.1. The van der Waals surface area contributed by atoms with Crippen LogP contribution in [0.25, 0.3) is 11.0 Å². The zero-order valence-electron chi connectivity index (χ0n) is 13.1. The van der Waals surface area contributed by atoms with Crippen LogP contribution >= 0.6 is 0 Å². The lowest BCUT2D eigenvalue weighted by Crippen LogP contribution is -2.16. The molecule has 4 N–H and O–H groups in total. The lowest BCUT2D eigenvalue weighted by atomic mass is 10.2. The number of aryl methyl sites for hydroxylation is 1. The van der Waals surface area contributed by atoms with Gasteiger partial charge in [0.15, 0.2) is 5.65 Å². The number of nitrogens with zero attached hydrogens (tertiary/aromatic N) is 4. The quantitative estimate of drug-likeness (QED) is 0.635. The summed E-state index contributed by atoms with van der Waals surface area (Å²) in [5.74, 6) is -0.309. The highest BCUT2D eigenvalue weighted by Crippen LogP contribution is 2.22. The average molecular weight is 333 g/mol. The number of anilines is 2. The van der Waals surface area contributed by atoms with Crippen LogP contribution in [0.15, 0.2) is 24.4 Å². The Labute approximate surface area is 136 Å². The minimum absolute atomic E-state index is 0.156. The zero-order chi connectivity index (χ0) is 17.1. The lowest BCUT2D eigenvalue weighted by molar-refractivity contribution is 0.574. The number of aromatic nitrogens is 4. The fraction of sp³-hybridized carbons (Fsp3) is 0.267. The number of nitrogens with two attached hydrogens (primary N) is 1. The Kier molecular flexibility index (Phi) is 4.52. The number of nitrogens with one attached hydrogen (secondary N) is 2. The highest BCUT2D eigenvalue weighted by molar-refractivity contribution is 5.87. The standard InChI is InChI=1S/C15H17F2N7/c1-24-14-11(8-21-24)13(22-15(23-14)19-5-4-18)20-7-9-2-3-10(16)6-12(9)17/h2-3,6,8H,4-5,7,18H2,1H3,(H2,19,20,22,23). The van der Waals surface area contributed by atoms with E-state index in [1.165, 1.54) is 12.1 Å². The second-order valence-corrected chi connectivity index (χ2v) is 5.21. The van der Waals surface area contributed by atoms with Crippen molar-refractivity contribution in [1.29, 1.82) is 0 Å². The van der Waals surface area contributed by atoms with E-state index in [2.05, 4.69) is 25.7 Å². The Hall–Kier alpha value is -2.81. The third-order valence-electron chi connectivity index (χ3n) is 3.48. The van der Waals surface area contributed by atoms with Crippen LogP contribution in [0.4, 0.5) is 20.5 Å². The number of benzene rings is 1. The second kappa shape index (κ2) is 6.75. The molecule has 9 heteroatoms. The van der Waals surface area contributed by atoms with Crippen LogP contribution in [-0.2, 0) is 13.6 Å². The molecule has 0 aliphatic carbocycles. The van der Waals surface area contributed by atoms with Gasteiger partial charge in [-0.25, -0.2) is 8.78 Å². The van der Waals surface area contributed by atoms with Crippen LogP contribution in [0, 0.1) is 11.6 Å². The van der Waals surface area contributed by atoms with Gasteiger partial charge in [-0.1, -0.05) is 6.07 Å². The fourth-order valence-corrected chi connectivity index (χ4v) is 2.26. The Balaban J connectivity index is 1.89. The molecule has 0 fully saturated rings. The summed E-state index contributed by atoms with van der Waals surface area (Å²) in [4.78, 5) is 8.75. The third-order valence-corrected chi connectivity index (χ3v) is 3.48. The highest BCUT2D eigenvalue weighted by Gasteiger charge is 2.12. The van der Waals surface area contributed by atoms with E-state index in [0.29, 0.717) is 41.5 Å². The maximum absolute atomic E-state index is 13.8. The summed E-state index contributed by atoms with van der Waals surface area (Å²) in [6.45, 7) is 1.12. The average Bonchev–Trinajstić information content (AvgIpc) is 2.93. The molecule has 0 spiro atoms. The van der Waals surface area contributed by atoms with Crippen molar-refractivity contribution in [2.24, 2.45) is 12.8 Å². The lowest BCUT2D eigenvalue weighted by Gasteiger charge is -2.10. The SMILES string of the molecule is Cn1ncc2c(NCc3ccc(F)cc3F)nc(NCCN)nc21. The molecule has 7 nitrogen and oxygen atoms in total. The molecule has 3 aromatic rings. The topological polar surface area (TPSA) is 93.7 Å². The van der Waals surface area contributed by atoms with E-state index in [-0.39, 0.29) is 6.54 Å². The summed E-state index contributed by atoms with van der Waals surface area (Å²) in [5, 5.41) is 10.9. The van der Waals surface area contributed by atoms with Crippen LogP contribution in [0.1, 0.15) is 5.56 Å². The van der Waals surface area contributed by atoms with Crippen LogP contribution < -0.4 is 16.4 Å². The van der Waals surface area contributed by atoms with Crippen LogP contribution in [0.3, 0.4) is 0 Å². The number of halogens is 2. The fourth-order valence-electron chi connectivity index (χ4n) is 2.26. The molecule has 0 atom stereocenters. The maximum atomic E-state index is 13.8. The summed E-state index contributed by atoms with van der Waals surface area (Å²) >= 11 is 0. The first-order chi connectivity index (χ1) is 11.6. The zero-order valence-corrected chi connectivity index (χ0v) is 13.1. The number of rotatable bonds is 6. The summed E-state index contributed by atoms with van der Waals surface area (Å²) in [7, 11) is 1.77. The smallest absolute Gasteiger partial charge is 0.226 e. The van der Waals surface area contributed by atoms with E-state index < -0.39 is 11.6 Å². The molecular weight excluding hydrogens is 316 g/mol. The number of hydrogen-bond acceptors (Lipinski definition) is 6. The van der Waals surface area contributed by atoms with E-state index in [9.17, 15) is 8.78 Å². The minimum Gasteiger partial charge on any atom is -0.365 e. The largest absolute Gasteiger partial charge is 0.365 e. The normalized spacial score (nSPS) is 11.0. The highest BCUT2D eigenvalue weighted by atomic mass is 19.1. The van der Waals surface area contributed by atoms with Gasteiger partial charge in [0.25, 0.3) is 0 Å². The van der Waals surface area contributed by atoms with Crippen molar-refractivity contribution in [1.82, 2.24) is 19.7 Å². The van der Waals surface area contributed by atoms with Crippen molar-refractivity contribution in [2.75, 3.05) is 23.7 Å². The summed E-state index contributed by atoms with van der Waals surface area (Å²) < 4.78 is 28.4. The molecule has 0 aliphatic heterocycles. The Morgan fingerprint density at radius 1 is 1.21 bits per heavy atom. The van der Waals surface area contributed by atoms with Gasteiger partial charge in [-0.15, -0.1) is 0 Å². The molecule has 24 heavy (non-hydrogen) atoms. The van der Waals surface area contributed by atoms with Gasteiger partial charge in [-0.05, 0) is 6.07 Å². The van der Waals surface area contributed by atoms with Gasteiger partial charge in [0.1, 0.15) is 17.5 Å². The number of hydrogen-bond donors (Lipinski definition) is 3. The van der Waals surface area contributed by atoms with Gasteiger partial charge in [0.2, 0.25) is 5.95 Å². The molecule has 2 aromatic heterocycles. The molecule has 126 valence electrons. The maximum Gasteiger partial charge on any atom is 0.226 e. The van der Waals surface area contributed by atoms with Gasteiger partial charge in [0, 0.05) is 38.3 Å². The van der Waals surface area contributed by atoms with Crippen molar-refractivity contribution in [3.63, 3.8) is 0 Å². The molecule has 0 aliphatic rings. The molecule has 0 unspecified atom stereocenters. The first-order valence-corrected chi connectivity index (χ1v) is 7.40. The van der Waals surface area contributed by atoms with Gasteiger partial charge in [0.05, 0.1) is 11.6 Å². The van der Waals surface area contributed by atoms with E-state index >= 15 is 0 Å². The van der Waals surface area contributed by atoms with E-state index in [4.69, 9.17) is 5.73 Å². The van der Waals surface area contributed by atoms with Crippen LogP contribution in [-0.4, -0.2) is 32.8 Å². The predicted octanol–water partition coefficient (Wildman–Crippen LogP) is 1.62.